The van der Waals surface area contributed by atoms with Crippen molar-refractivity contribution in [1.82, 2.24) is 15.5 Å². The highest BCUT2D eigenvalue weighted by molar-refractivity contribution is 5.96. The van der Waals surface area contributed by atoms with Crippen LogP contribution in [0.2, 0.25) is 0 Å². The molecular formula is C26H37N3O6. The van der Waals surface area contributed by atoms with Crippen molar-refractivity contribution < 1.29 is 28.7 Å². The molecule has 0 radical (unpaired) electrons. The Kier molecular flexibility index (Phi) is 5.31. The van der Waals surface area contributed by atoms with E-state index >= 15 is 0 Å². The summed E-state index contributed by atoms with van der Waals surface area (Å²) in [5, 5.41) is 5.64. The lowest BCUT2D eigenvalue weighted by atomic mass is 9.85. The zero-order valence-electron chi connectivity index (χ0n) is 21.1. The van der Waals surface area contributed by atoms with Gasteiger partial charge in [-0.25, -0.2) is 9.59 Å². The zero-order valence-corrected chi connectivity index (χ0v) is 21.1. The van der Waals surface area contributed by atoms with Crippen molar-refractivity contribution >= 4 is 23.9 Å². The molecule has 192 valence electrons. The van der Waals surface area contributed by atoms with Crippen molar-refractivity contribution in [3.05, 3.63) is 12.7 Å². The number of amides is 3. The Hall–Kier alpha value is -2.58. The van der Waals surface area contributed by atoms with Crippen LogP contribution < -0.4 is 10.6 Å². The van der Waals surface area contributed by atoms with Crippen LogP contribution in [0, 0.1) is 22.2 Å². The molecule has 3 amide bonds. The lowest BCUT2D eigenvalue weighted by Gasteiger charge is -2.35. The number of alkyl carbamates (subject to hydrolysis) is 1. The summed E-state index contributed by atoms with van der Waals surface area (Å²) < 4.78 is 10.6. The molecule has 2 N–H and O–H groups in total. The molecule has 9 heteroatoms. The molecule has 1 heterocycles. The smallest absolute Gasteiger partial charge is 0.408 e. The molecule has 1 unspecified atom stereocenters. The van der Waals surface area contributed by atoms with Gasteiger partial charge in [0.15, 0.2) is 0 Å². The Balaban J connectivity index is 1.23. The number of methoxy groups -OCH3 is 1. The third-order valence-corrected chi connectivity index (χ3v) is 9.15. The van der Waals surface area contributed by atoms with Gasteiger partial charge in [0.25, 0.3) is 0 Å². The molecule has 35 heavy (non-hydrogen) atoms. The van der Waals surface area contributed by atoms with Gasteiger partial charge in [0.1, 0.15) is 23.7 Å². The molecule has 5 rings (SSSR count). The van der Waals surface area contributed by atoms with Crippen LogP contribution in [0.15, 0.2) is 12.7 Å². The highest BCUT2D eigenvalue weighted by atomic mass is 16.6. The van der Waals surface area contributed by atoms with Gasteiger partial charge in [-0.15, -0.1) is 6.58 Å². The van der Waals surface area contributed by atoms with E-state index in [4.69, 9.17) is 9.47 Å². The monoisotopic (exact) mass is 487 g/mol. The Morgan fingerprint density at radius 3 is 2.31 bits per heavy atom. The first-order valence-electron chi connectivity index (χ1n) is 12.7. The Bertz CT molecular complexity index is 964. The number of rotatable bonds is 7. The third kappa shape index (κ3) is 3.82. The van der Waals surface area contributed by atoms with Crippen LogP contribution in [0.4, 0.5) is 4.79 Å². The number of carbonyl (C=O) groups is 4. The summed E-state index contributed by atoms with van der Waals surface area (Å²) in [4.78, 5) is 53.5. The first-order chi connectivity index (χ1) is 16.4. The largest absolute Gasteiger partial charge is 0.467 e. The number of hydrogen-bond acceptors (Lipinski definition) is 6. The quantitative estimate of drug-likeness (QED) is 0.421. The fourth-order valence-corrected chi connectivity index (χ4v) is 6.81. The number of hydrogen-bond donors (Lipinski definition) is 2. The van der Waals surface area contributed by atoms with Crippen LogP contribution in [0.25, 0.3) is 0 Å². The van der Waals surface area contributed by atoms with E-state index in [1.165, 1.54) is 24.9 Å². The summed E-state index contributed by atoms with van der Waals surface area (Å²) in [6.07, 6.45) is 6.95. The van der Waals surface area contributed by atoms with E-state index in [0.29, 0.717) is 36.6 Å². The highest BCUT2D eigenvalue weighted by Crippen LogP contribution is 2.93. The lowest BCUT2D eigenvalue weighted by Crippen LogP contribution is -2.59. The average molecular weight is 488 g/mol. The molecule has 0 bridgehead atoms. The molecule has 4 saturated carbocycles. The molecule has 0 spiro atoms. The molecule has 0 aromatic heterocycles. The topological polar surface area (TPSA) is 114 Å². The summed E-state index contributed by atoms with van der Waals surface area (Å²) in [5.74, 6) is -1.41. The van der Waals surface area contributed by atoms with E-state index < -0.39 is 35.1 Å². The van der Waals surface area contributed by atoms with Gasteiger partial charge in [-0.3, -0.25) is 9.59 Å². The van der Waals surface area contributed by atoms with Gasteiger partial charge in [-0.05, 0) is 61.2 Å². The first kappa shape index (κ1) is 24.1. The molecular weight excluding hydrogens is 450 g/mol. The van der Waals surface area contributed by atoms with Crippen molar-refractivity contribution in [3.8, 4) is 0 Å². The van der Waals surface area contributed by atoms with Crippen molar-refractivity contribution in [1.29, 1.82) is 0 Å². The van der Waals surface area contributed by atoms with Crippen molar-refractivity contribution in [3.63, 3.8) is 0 Å². The third-order valence-electron chi connectivity index (χ3n) is 9.15. The standard InChI is InChI=1S/C26H37N3O6/c1-6-15-10-26(15,21(32)34-5)28-19(30)17-8-7-9-29(17)20(31)18(23(2,3)4)27-22(33)35-16-11-24-13-25(24,12-16)14-24/h6,15-18H,1,7-14H2,2-5H3,(H,27,33)(H,28,30)/t15-,16?,17+,18-,24?,25?,26?/m1/s1. The number of carbonyl (C=O) groups excluding carboxylic acids is 4. The fourth-order valence-electron chi connectivity index (χ4n) is 6.81. The maximum Gasteiger partial charge on any atom is 0.408 e. The van der Waals surface area contributed by atoms with E-state index in [-0.39, 0.29) is 23.8 Å². The molecule has 4 atom stereocenters. The summed E-state index contributed by atoms with van der Waals surface area (Å²) in [5.41, 5.74) is -0.811. The lowest BCUT2D eigenvalue weighted by molar-refractivity contribution is -0.148. The SMILES string of the molecule is C=C[C@@H]1CC1(NC(=O)[C@@H]1CCCN1C(=O)[C@@H](NC(=O)OC1CC23CC2(C1)C3)C(C)(C)C)C(=O)OC. The van der Waals surface area contributed by atoms with E-state index in [1.54, 1.807) is 6.08 Å². The summed E-state index contributed by atoms with van der Waals surface area (Å²) in [6.45, 7) is 9.78. The van der Waals surface area contributed by atoms with Crippen LogP contribution >= 0.6 is 0 Å². The Labute approximate surface area is 206 Å². The maximum absolute atomic E-state index is 13.7. The minimum absolute atomic E-state index is 0.0793. The van der Waals surface area contributed by atoms with Crippen molar-refractivity contribution in [2.45, 2.75) is 89.4 Å². The predicted octanol–water partition coefficient (Wildman–Crippen LogP) is 2.29. The van der Waals surface area contributed by atoms with Crippen LogP contribution in [-0.2, 0) is 23.9 Å². The second-order valence-electron chi connectivity index (χ2n) is 12.5. The van der Waals surface area contributed by atoms with E-state index in [2.05, 4.69) is 17.2 Å². The molecule has 0 aromatic rings. The minimum Gasteiger partial charge on any atom is -0.467 e. The van der Waals surface area contributed by atoms with E-state index in [0.717, 1.165) is 12.8 Å². The van der Waals surface area contributed by atoms with Gasteiger partial charge >= 0.3 is 12.1 Å². The number of nitrogens with one attached hydrogen (secondary N) is 2. The summed E-state index contributed by atoms with van der Waals surface area (Å²) in [6, 6.07) is -1.56. The second kappa shape index (κ2) is 7.71. The first-order valence-corrected chi connectivity index (χ1v) is 12.7. The molecule has 5 aliphatic rings. The zero-order chi connectivity index (χ0) is 25.4. The van der Waals surface area contributed by atoms with Gasteiger partial charge in [0, 0.05) is 12.5 Å². The number of likely N-dealkylation sites (tertiary alicyclic amines) is 1. The Morgan fingerprint density at radius 2 is 1.77 bits per heavy atom. The normalized spacial score (nSPS) is 39.0. The van der Waals surface area contributed by atoms with Gasteiger partial charge in [0.2, 0.25) is 11.8 Å². The summed E-state index contributed by atoms with van der Waals surface area (Å²) >= 11 is 0. The number of nitrogens with zero attached hydrogens (tertiary/aromatic N) is 1. The van der Waals surface area contributed by atoms with Crippen LogP contribution in [0.5, 0.6) is 0 Å². The van der Waals surface area contributed by atoms with Crippen LogP contribution in [0.1, 0.15) is 65.7 Å². The number of ether oxygens (including phenoxy) is 2. The van der Waals surface area contributed by atoms with Crippen molar-refractivity contribution in [2.75, 3.05) is 13.7 Å². The molecule has 5 fully saturated rings. The molecule has 9 nitrogen and oxygen atoms in total. The Morgan fingerprint density at radius 1 is 1.11 bits per heavy atom. The van der Waals surface area contributed by atoms with Gasteiger partial charge in [-0.1, -0.05) is 26.8 Å². The molecule has 4 aliphatic carbocycles. The highest BCUT2D eigenvalue weighted by Gasteiger charge is 2.86. The summed E-state index contributed by atoms with van der Waals surface area (Å²) in [7, 11) is 1.29. The van der Waals surface area contributed by atoms with E-state index in [1.807, 2.05) is 20.8 Å². The average Bonchev–Trinajstić information content (AvgIpc) is 3.63. The van der Waals surface area contributed by atoms with Gasteiger partial charge in [0.05, 0.1) is 7.11 Å². The van der Waals surface area contributed by atoms with Crippen molar-refractivity contribution in [2.24, 2.45) is 22.2 Å². The maximum atomic E-state index is 13.7. The molecule has 1 aliphatic heterocycles. The minimum atomic E-state index is -1.11. The second-order valence-corrected chi connectivity index (χ2v) is 12.5. The van der Waals surface area contributed by atoms with Crippen LogP contribution in [0.3, 0.4) is 0 Å². The fraction of sp³-hybridized carbons (Fsp3) is 0.769. The van der Waals surface area contributed by atoms with E-state index in [9.17, 15) is 19.2 Å². The van der Waals surface area contributed by atoms with Gasteiger partial charge < -0.3 is 25.0 Å². The van der Waals surface area contributed by atoms with Gasteiger partial charge in [-0.2, -0.15) is 0 Å². The molecule has 1 saturated heterocycles. The molecule has 0 aromatic carbocycles. The van der Waals surface area contributed by atoms with Crippen LogP contribution in [-0.4, -0.2) is 66.2 Å². The predicted molar refractivity (Wildman–Crippen MR) is 126 cm³/mol. The number of esters is 1.